The molecule has 0 atom stereocenters. The van der Waals surface area contributed by atoms with Crippen LogP contribution in [-0.4, -0.2) is 21.3 Å². The molecule has 5 nitrogen and oxygen atoms in total. The number of hydrogen-bond acceptors (Lipinski definition) is 3. The van der Waals surface area contributed by atoms with Crippen molar-refractivity contribution in [2.24, 2.45) is 7.05 Å². The van der Waals surface area contributed by atoms with Gasteiger partial charge in [0.25, 0.3) is 5.56 Å². The van der Waals surface area contributed by atoms with Crippen molar-refractivity contribution >= 4 is 11.6 Å². The second kappa shape index (κ2) is 4.68. The molecule has 2 aromatic rings. The standard InChI is InChI=1S/C14H14N2O3/c1-8-12(14(19)16(3)15-8)13(18)11-7-5-4-6-10(11)9(2)17/h4-7,15H,1-3H3. The number of aromatic nitrogens is 2. The maximum atomic E-state index is 12.4. The molecule has 0 aliphatic heterocycles. The van der Waals surface area contributed by atoms with Crippen molar-refractivity contribution in [1.82, 2.24) is 9.78 Å². The molecule has 0 aliphatic rings. The van der Waals surface area contributed by atoms with E-state index in [0.29, 0.717) is 11.3 Å². The average molecular weight is 258 g/mol. The molecule has 1 aromatic carbocycles. The second-order valence-corrected chi connectivity index (χ2v) is 4.41. The van der Waals surface area contributed by atoms with Crippen molar-refractivity contribution in [3.05, 3.63) is 57.0 Å². The molecule has 0 aliphatic carbocycles. The Morgan fingerprint density at radius 3 is 2.21 bits per heavy atom. The summed E-state index contributed by atoms with van der Waals surface area (Å²) < 4.78 is 1.25. The maximum Gasteiger partial charge on any atom is 0.277 e. The lowest BCUT2D eigenvalue weighted by atomic mass is 9.97. The monoisotopic (exact) mass is 258 g/mol. The van der Waals surface area contributed by atoms with E-state index in [4.69, 9.17) is 0 Å². The number of carbonyl (C=O) groups is 2. The van der Waals surface area contributed by atoms with E-state index in [1.165, 1.54) is 11.6 Å². The van der Waals surface area contributed by atoms with Crippen LogP contribution in [0.2, 0.25) is 0 Å². The molecule has 1 aromatic heterocycles. The normalized spacial score (nSPS) is 10.5. The van der Waals surface area contributed by atoms with E-state index in [2.05, 4.69) is 5.10 Å². The van der Waals surface area contributed by atoms with Gasteiger partial charge in [-0.3, -0.25) is 24.2 Å². The van der Waals surface area contributed by atoms with Crippen LogP contribution in [0.25, 0.3) is 0 Å². The molecule has 98 valence electrons. The highest BCUT2D eigenvalue weighted by atomic mass is 16.2. The highest BCUT2D eigenvalue weighted by Crippen LogP contribution is 2.15. The molecule has 1 heterocycles. The first-order valence-electron chi connectivity index (χ1n) is 5.83. The van der Waals surface area contributed by atoms with Crippen molar-refractivity contribution < 1.29 is 9.59 Å². The molecule has 0 radical (unpaired) electrons. The van der Waals surface area contributed by atoms with Crippen molar-refractivity contribution in [2.45, 2.75) is 13.8 Å². The number of rotatable bonds is 3. The number of benzene rings is 1. The Morgan fingerprint density at radius 2 is 1.74 bits per heavy atom. The number of aromatic amines is 1. The zero-order valence-corrected chi connectivity index (χ0v) is 11.0. The fourth-order valence-corrected chi connectivity index (χ4v) is 2.08. The SMILES string of the molecule is CC(=O)c1ccccc1C(=O)c1c(C)[nH]n(C)c1=O. The first kappa shape index (κ1) is 13.0. The minimum atomic E-state index is -0.426. The van der Waals surface area contributed by atoms with Gasteiger partial charge >= 0.3 is 0 Å². The van der Waals surface area contributed by atoms with Gasteiger partial charge in [0.1, 0.15) is 5.56 Å². The summed E-state index contributed by atoms with van der Waals surface area (Å²) in [5, 5.41) is 2.77. The fraction of sp³-hybridized carbons (Fsp3) is 0.214. The minimum absolute atomic E-state index is 0.0798. The molecule has 0 fully saturated rings. The van der Waals surface area contributed by atoms with Crippen LogP contribution in [0.4, 0.5) is 0 Å². The van der Waals surface area contributed by atoms with E-state index in [1.807, 2.05) is 0 Å². The van der Waals surface area contributed by atoms with Crippen molar-refractivity contribution in [3.8, 4) is 0 Å². The van der Waals surface area contributed by atoms with E-state index in [1.54, 1.807) is 38.2 Å². The quantitative estimate of drug-likeness (QED) is 0.847. The zero-order chi connectivity index (χ0) is 14.2. The Balaban J connectivity index is 2.63. The molecule has 0 saturated heterocycles. The summed E-state index contributed by atoms with van der Waals surface area (Å²) >= 11 is 0. The van der Waals surface area contributed by atoms with Crippen molar-refractivity contribution in [2.75, 3.05) is 0 Å². The third kappa shape index (κ3) is 2.14. The summed E-state index contributed by atoms with van der Waals surface area (Å²) in [4.78, 5) is 35.9. The Labute approximate surface area is 109 Å². The number of nitrogens with zero attached hydrogens (tertiary/aromatic N) is 1. The van der Waals surface area contributed by atoms with E-state index >= 15 is 0 Å². The number of Topliss-reactive ketones (excluding diaryl/α,β-unsaturated/α-hetero) is 1. The van der Waals surface area contributed by atoms with Crippen LogP contribution < -0.4 is 5.56 Å². The van der Waals surface area contributed by atoms with Gasteiger partial charge in [0.15, 0.2) is 5.78 Å². The molecule has 0 bridgehead atoms. The molecule has 0 amide bonds. The third-order valence-electron chi connectivity index (χ3n) is 3.01. The number of carbonyl (C=O) groups excluding carboxylic acids is 2. The summed E-state index contributed by atoms with van der Waals surface area (Å²) in [5.74, 6) is -0.626. The largest absolute Gasteiger partial charge is 0.299 e. The first-order valence-corrected chi connectivity index (χ1v) is 5.83. The number of aryl methyl sites for hydroxylation is 2. The number of H-pyrrole nitrogens is 1. The summed E-state index contributed by atoms with van der Waals surface area (Å²) in [6, 6.07) is 6.51. The predicted molar refractivity (Wildman–Crippen MR) is 70.6 cm³/mol. The molecule has 1 N–H and O–H groups in total. The molecule has 2 rings (SSSR count). The minimum Gasteiger partial charge on any atom is -0.299 e. The summed E-state index contributed by atoms with van der Waals surface area (Å²) in [5.41, 5.74) is 0.776. The fourth-order valence-electron chi connectivity index (χ4n) is 2.08. The summed E-state index contributed by atoms with van der Waals surface area (Å²) in [7, 11) is 1.54. The average Bonchev–Trinajstić information content (AvgIpc) is 2.62. The lowest BCUT2D eigenvalue weighted by molar-refractivity contribution is 0.0989. The topological polar surface area (TPSA) is 71.9 Å². The predicted octanol–water partition coefficient (Wildman–Crippen LogP) is 1.46. The maximum absolute atomic E-state index is 12.4. The molecular formula is C14H14N2O3. The Bertz CT molecular complexity index is 723. The third-order valence-corrected chi connectivity index (χ3v) is 3.01. The van der Waals surface area contributed by atoms with Crippen molar-refractivity contribution in [1.29, 1.82) is 0 Å². The number of hydrogen-bond donors (Lipinski definition) is 1. The van der Waals surface area contributed by atoms with Crippen LogP contribution in [0.15, 0.2) is 29.1 Å². The van der Waals surface area contributed by atoms with Gasteiger partial charge in [0, 0.05) is 23.9 Å². The molecule has 19 heavy (non-hydrogen) atoms. The smallest absolute Gasteiger partial charge is 0.277 e. The van der Waals surface area contributed by atoms with Gasteiger partial charge in [-0.25, -0.2) is 0 Å². The van der Waals surface area contributed by atoms with Crippen molar-refractivity contribution in [3.63, 3.8) is 0 Å². The molecular weight excluding hydrogens is 244 g/mol. The van der Waals surface area contributed by atoms with E-state index in [-0.39, 0.29) is 22.5 Å². The Hall–Kier alpha value is -2.43. The van der Waals surface area contributed by atoms with E-state index < -0.39 is 5.78 Å². The van der Waals surface area contributed by atoms with Gasteiger partial charge in [-0.05, 0) is 13.8 Å². The van der Waals surface area contributed by atoms with Gasteiger partial charge in [0.2, 0.25) is 5.78 Å². The van der Waals surface area contributed by atoms with Gasteiger partial charge in [-0.1, -0.05) is 24.3 Å². The molecule has 0 spiro atoms. The van der Waals surface area contributed by atoms with Crippen LogP contribution in [0.1, 0.15) is 38.9 Å². The van der Waals surface area contributed by atoms with E-state index in [9.17, 15) is 14.4 Å². The van der Waals surface area contributed by atoms with Gasteiger partial charge < -0.3 is 0 Å². The van der Waals surface area contributed by atoms with Gasteiger partial charge in [0.05, 0.1) is 0 Å². The molecule has 0 unspecified atom stereocenters. The van der Waals surface area contributed by atoms with Crippen LogP contribution in [0, 0.1) is 6.92 Å². The van der Waals surface area contributed by atoms with Gasteiger partial charge in [-0.2, -0.15) is 0 Å². The summed E-state index contributed by atoms with van der Waals surface area (Å²) in [6.45, 7) is 3.05. The summed E-state index contributed by atoms with van der Waals surface area (Å²) in [6.07, 6.45) is 0. The van der Waals surface area contributed by atoms with Crippen LogP contribution >= 0.6 is 0 Å². The number of ketones is 2. The molecule has 0 saturated carbocycles. The molecule has 5 heteroatoms. The van der Waals surface area contributed by atoms with Gasteiger partial charge in [-0.15, -0.1) is 0 Å². The van der Waals surface area contributed by atoms with Crippen LogP contribution in [0.5, 0.6) is 0 Å². The second-order valence-electron chi connectivity index (χ2n) is 4.41. The zero-order valence-electron chi connectivity index (χ0n) is 11.0. The highest BCUT2D eigenvalue weighted by molar-refractivity contribution is 6.15. The van der Waals surface area contributed by atoms with E-state index in [0.717, 1.165) is 0 Å². The Morgan fingerprint density at radius 1 is 1.16 bits per heavy atom. The van der Waals surface area contributed by atoms with Crippen LogP contribution in [0.3, 0.4) is 0 Å². The van der Waals surface area contributed by atoms with Crippen LogP contribution in [-0.2, 0) is 7.05 Å². The highest BCUT2D eigenvalue weighted by Gasteiger charge is 2.22. The number of nitrogens with one attached hydrogen (secondary N) is 1. The lowest BCUT2D eigenvalue weighted by Crippen LogP contribution is -2.20. The Kier molecular flexibility index (Phi) is 3.21. The lowest BCUT2D eigenvalue weighted by Gasteiger charge is -2.04. The first-order chi connectivity index (χ1) is 8.93.